The van der Waals surface area contributed by atoms with Gasteiger partial charge in [-0.3, -0.25) is 9.48 Å². The van der Waals surface area contributed by atoms with Crippen LogP contribution in [0.25, 0.3) is 5.69 Å². The van der Waals surface area contributed by atoms with Crippen LogP contribution in [-0.2, 0) is 6.54 Å². The number of rotatable bonds is 3. The van der Waals surface area contributed by atoms with Gasteiger partial charge in [-0.15, -0.1) is 0 Å². The second-order valence-electron chi connectivity index (χ2n) is 5.56. The molecule has 1 aliphatic carbocycles. The zero-order valence-electron chi connectivity index (χ0n) is 12.2. The highest BCUT2D eigenvalue weighted by Crippen LogP contribution is 2.37. The van der Waals surface area contributed by atoms with Crippen molar-refractivity contribution in [3.05, 3.63) is 44.8 Å². The Kier molecular flexibility index (Phi) is 3.93. The zero-order valence-corrected chi connectivity index (χ0v) is 13.8. The summed E-state index contributed by atoms with van der Waals surface area (Å²) in [5.74, 6) is 0.418. The number of benzene rings is 1. The second-order valence-corrected chi connectivity index (χ2v) is 6.42. The summed E-state index contributed by atoms with van der Waals surface area (Å²) >= 11 is 3.53. The van der Waals surface area contributed by atoms with Gasteiger partial charge in [-0.25, -0.2) is 4.68 Å². The summed E-state index contributed by atoms with van der Waals surface area (Å²) < 4.78 is 4.66. The predicted octanol–water partition coefficient (Wildman–Crippen LogP) is 3.66. The lowest BCUT2D eigenvalue weighted by molar-refractivity contribution is 0.517. The van der Waals surface area contributed by atoms with Crippen molar-refractivity contribution < 1.29 is 0 Å². The van der Waals surface area contributed by atoms with Crippen LogP contribution in [0.15, 0.2) is 33.5 Å². The van der Waals surface area contributed by atoms with Crippen LogP contribution in [0.3, 0.4) is 0 Å². The van der Waals surface area contributed by atoms with Crippen molar-refractivity contribution in [3.8, 4) is 5.69 Å². The number of hydrogen-bond acceptors (Lipinski definition) is 2. The van der Waals surface area contributed by atoms with Crippen LogP contribution in [0.2, 0.25) is 0 Å². The van der Waals surface area contributed by atoms with Gasteiger partial charge in [0.2, 0.25) is 0 Å². The van der Waals surface area contributed by atoms with Crippen molar-refractivity contribution in [2.45, 2.75) is 45.1 Å². The molecule has 0 unspecified atom stereocenters. The van der Waals surface area contributed by atoms with Gasteiger partial charge in [0.1, 0.15) is 5.69 Å². The predicted molar refractivity (Wildman–Crippen MR) is 89.0 cm³/mol. The highest BCUT2D eigenvalue weighted by atomic mass is 79.9. The van der Waals surface area contributed by atoms with Crippen LogP contribution >= 0.6 is 15.9 Å². The largest absolute Gasteiger partial charge is 0.393 e. The van der Waals surface area contributed by atoms with Crippen molar-refractivity contribution in [3.63, 3.8) is 0 Å². The molecule has 1 heterocycles. The molecule has 112 valence electrons. The Hall–Kier alpha value is -1.49. The summed E-state index contributed by atoms with van der Waals surface area (Å²) in [6.45, 7) is 2.80. The first-order valence-electron chi connectivity index (χ1n) is 7.51. The number of nitrogens with two attached hydrogens (primary N) is 1. The van der Waals surface area contributed by atoms with Gasteiger partial charge in [-0.2, -0.15) is 0 Å². The third kappa shape index (κ3) is 2.33. The maximum Gasteiger partial charge on any atom is 0.294 e. The minimum Gasteiger partial charge on any atom is -0.393 e. The number of anilines is 1. The van der Waals surface area contributed by atoms with Crippen LogP contribution in [0, 0.1) is 0 Å². The molecule has 4 nitrogen and oxygen atoms in total. The fourth-order valence-electron chi connectivity index (χ4n) is 3.38. The number of para-hydroxylation sites is 1. The average Bonchev–Trinajstić information content (AvgIpc) is 3.08. The fourth-order valence-corrected chi connectivity index (χ4v) is 3.84. The molecule has 1 saturated carbocycles. The lowest BCUT2D eigenvalue weighted by Gasteiger charge is -2.17. The fraction of sp³-hybridized carbons (Fsp3) is 0.438. The van der Waals surface area contributed by atoms with Gasteiger partial charge in [-0.1, -0.05) is 25.0 Å². The number of halogens is 1. The van der Waals surface area contributed by atoms with E-state index in [9.17, 15) is 4.79 Å². The maximum atomic E-state index is 12.7. The molecule has 21 heavy (non-hydrogen) atoms. The van der Waals surface area contributed by atoms with Gasteiger partial charge in [0.05, 0.1) is 11.4 Å². The van der Waals surface area contributed by atoms with Crippen LogP contribution in [0.4, 0.5) is 5.69 Å². The number of nitrogen functional groups attached to an aromatic ring is 1. The van der Waals surface area contributed by atoms with Gasteiger partial charge in [0, 0.05) is 16.9 Å². The molecule has 0 bridgehead atoms. The van der Waals surface area contributed by atoms with Crippen LogP contribution in [0.1, 0.15) is 44.2 Å². The van der Waals surface area contributed by atoms with E-state index in [2.05, 4.69) is 22.9 Å². The molecule has 5 heteroatoms. The molecule has 0 saturated heterocycles. The Balaban J connectivity index is 2.24. The summed E-state index contributed by atoms with van der Waals surface area (Å²) in [7, 11) is 0. The highest BCUT2D eigenvalue weighted by Gasteiger charge is 2.27. The van der Waals surface area contributed by atoms with E-state index in [1.165, 1.54) is 12.8 Å². The molecule has 1 aromatic heterocycles. The summed E-state index contributed by atoms with van der Waals surface area (Å²) in [6.07, 6.45) is 4.71. The van der Waals surface area contributed by atoms with Crippen molar-refractivity contribution in [1.82, 2.24) is 9.36 Å². The molecule has 0 aliphatic heterocycles. The summed E-state index contributed by atoms with van der Waals surface area (Å²) in [5, 5.41) is 0. The number of nitrogens with zero attached hydrogens (tertiary/aromatic N) is 2. The summed E-state index contributed by atoms with van der Waals surface area (Å²) in [4.78, 5) is 12.7. The van der Waals surface area contributed by atoms with E-state index >= 15 is 0 Å². The van der Waals surface area contributed by atoms with Gasteiger partial charge in [0.25, 0.3) is 5.56 Å². The van der Waals surface area contributed by atoms with Crippen molar-refractivity contribution >= 4 is 21.6 Å². The Labute approximate surface area is 132 Å². The van der Waals surface area contributed by atoms with E-state index < -0.39 is 0 Å². The molecule has 1 aromatic carbocycles. The molecule has 3 rings (SSSR count). The van der Waals surface area contributed by atoms with E-state index in [-0.39, 0.29) is 5.56 Å². The number of aromatic nitrogens is 2. The Bertz CT molecular complexity index is 711. The number of hydrogen-bond donors (Lipinski definition) is 1. The molecule has 2 aromatic rings. The summed E-state index contributed by atoms with van der Waals surface area (Å²) in [6, 6.07) is 7.76. The van der Waals surface area contributed by atoms with Gasteiger partial charge < -0.3 is 5.73 Å². The molecule has 0 atom stereocenters. The SMILES string of the molecule is CCn1c(C2CCCC2)c(N)c(=O)n1-c1ccccc1Br. The zero-order chi connectivity index (χ0) is 15.0. The standard InChI is InChI=1S/C16H20BrN3O/c1-2-19-15(11-7-3-4-8-11)14(18)16(21)20(19)13-10-6-5-9-12(13)17/h5-6,9-11H,2-4,7-8,18H2,1H3. The average molecular weight is 350 g/mol. The smallest absolute Gasteiger partial charge is 0.294 e. The van der Waals surface area contributed by atoms with E-state index in [1.807, 2.05) is 28.9 Å². The topological polar surface area (TPSA) is 52.9 Å². The molecular weight excluding hydrogens is 330 g/mol. The normalized spacial score (nSPS) is 15.7. The lowest BCUT2D eigenvalue weighted by Crippen LogP contribution is -2.22. The molecular formula is C16H20BrN3O. The monoisotopic (exact) mass is 349 g/mol. The van der Waals surface area contributed by atoms with E-state index in [0.717, 1.165) is 35.2 Å². The van der Waals surface area contributed by atoms with E-state index in [4.69, 9.17) is 5.73 Å². The molecule has 1 fully saturated rings. The first-order chi connectivity index (χ1) is 10.1. The van der Waals surface area contributed by atoms with Crippen molar-refractivity contribution in [2.75, 3.05) is 5.73 Å². The molecule has 2 N–H and O–H groups in total. The Morgan fingerprint density at radius 1 is 1.29 bits per heavy atom. The Morgan fingerprint density at radius 2 is 1.95 bits per heavy atom. The van der Waals surface area contributed by atoms with Gasteiger partial charge in [-0.05, 0) is 47.8 Å². The van der Waals surface area contributed by atoms with Crippen molar-refractivity contribution in [2.24, 2.45) is 0 Å². The third-order valence-corrected chi connectivity index (χ3v) is 5.01. The van der Waals surface area contributed by atoms with Gasteiger partial charge in [0.15, 0.2) is 0 Å². The Morgan fingerprint density at radius 3 is 2.57 bits per heavy atom. The van der Waals surface area contributed by atoms with Crippen LogP contribution in [-0.4, -0.2) is 9.36 Å². The third-order valence-electron chi connectivity index (χ3n) is 4.34. The van der Waals surface area contributed by atoms with E-state index in [0.29, 0.717) is 11.6 Å². The molecule has 0 spiro atoms. The van der Waals surface area contributed by atoms with Crippen LogP contribution < -0.4 is 11.3 Å². The first-order valence-corrected chi connectivity index (χ1v) is 8.30. The van der Waals surface area contributed by atoms with Crippen LogP contribution in [0.5, 0.6) is 0 Å². The second kappa shape index (κ2) is 5.72. The molecule has 0 amide bonds. The summed E-state index contributed by atoms with van der Waals surface area (Å²) in [5.41, 5.74) is 8.36. The minimum absolute atomic E-state index is 0.106. The molecule has 0 radical (unpaired) electrons. The van der Waals surface area contributed by atoms with Gasteiger partial charge >= 0.3 is 0 Å². The highest BCUT2D eigenvalue weighted by molar-refractivity contribution is 9.10. The lowest BCUT2D eigenvalue weighted by atomic mass is 10.0. The first kappa shape index (κ1) is 14.4. The van der Waals surface area contributed by atoms with Crippen molar-refractivity contribution in [1.29, 1.82) is 0 Å². The maximum absolute atomic E-state index is 12.7. The quantitative estimate of drug-likeness (QED) is 0.919. The van der Waals surface area contributed by atoms with E-state index in [1.54, 1.807) is 4.68 Å². The minimum atomic E-state index is -0.106. The molecule has 1 aliphatic rings.